The van der Waals surface area contributed by atoms with Crippen molar-refractivity contribution in [1.29, 1.82) is 0 Å². The van der Waals surface area contributed by atoms with E-state index in [-0.39, 0.29) is 16.3 Å². The Morgan fingerprint density at radius 2 is 2.17 bits per heavy atom. The SMILES string of the molecule is CC(C)(C)Cc1ccc(/C=N/NC(N)=S)c(O)c1. The standard InChI is InChI=1S/C13H19N3OS/c1-13(2,3)7-9-4-5-10(11(17)6-9)8-15-16-12(14)18/h4-6,8,17H,7H2,1-3H3,(H3,14,16,18)/b15-8+. The van der Waals surface area contributed by atoms with Gasteiger partial charge in [0.1, 0.15) is 5.75 Å². The lowest BCUT2D eigenvalue weighted by molar-refractivity contribution is 0.409. The summed E-state index contributed by atoms with van der Waals surface area (Å²) < 4.78 is 0. The number of phenols is 1. The van der Waals surface area contributed by atoms with Crippen molar-refractivity contribution in [3.8, 4) is 5.75 Å². The van der Waals surface area contributed by atoms with E-state index in [2.05, 4.69) is 43.5 Å². The van der Waals surface area contributed by atoms with E-state index in [0.717, 1.165) is 12.0 Å². The van der Waals surface area contributed by atoms with Crippen molar-refractivity contribution in [3.05, 3.63) is 29.3 Å². The summed E-state index contributed by atoms with van der Waals surface area (Å²) in [7, 11) is 0. The molecule has 0 fully saturated rings. The van der Waals surface area contributed by atoms with Crippen molar-refractivity contribution in [2.45, 2.75) is 27.2 Å². The van der Waals surface area contributed by atoms with Gasteiger partial charge >= 0.3 is 0 Å². The first-order chi connectivity index (χ1) is 8.28. The highest BCUT2D eigenvalue weighted by molar-refractivity contribution is 7.80. The summed E-state index contributed by atoms with van der Waals surface area (Å²) in [4.78, 5) is 0. The highest BCUT2D eigenvalue weighted by atomic mass is 32.1. The van der Waals surface area contributed by atoms with E-state index in [1.54, 1.807) is 6.07 Å². The molecule has 0 aliphatic heterocycles. The van der Waals surface area contributed by atoms with E-state index < -0.39 is 0 Å². The zero-order valence-corrected chi connectivity index (χ0v) is 11.7. The number of aromatic hydroxyl groups is 1. The van der Waals surface area contributed by atoms with Crippen LogP contribution < -0.4 is 11.2 Å². The predicted octanol–water partition coefficient (Wildman–Crippen LogP) is 2.15. The fourth-order valence-corrected chi connectivity index (χ4v) is 1.64. The summed E-state index contributed by atoms with van der Waals surface area (Å²) in [5, 5.41) is 13.8. The molecule has 5 heteroatoms. The molecule has 4 nitrogen and oxygen atoms in total. The van der Waals surface area contributed by atoms with E-state index in [9.17, 15) is 5.11 Å². The van der Waals surface area contributed by atoms with Gasteiger partial charge in [-0.3, -0.25) is 5.43 Å². The van der Waals surface area contributed by atoms with Crippen molar-refractivity contribution in [2.75, 3.05) is 0 Å². The minimum atomic E-state index is 0.0927. The maximum absolute atomic E-state index is 9.87. The van der Waals surface area contributed by atoms with Gasteiger partial charge in [0, 0.05) is 5.56 Å². The zero-order chi connectivity index (χ0) is 13.8. The normalized spacial score (nSPS) is 11.7. The topological polar surface area (TPSA) is 70.6 Å². The summed E-state index contributed by atoms with van der Waals surface area (Å²) in [6.07, 6.45) is 2.39. The number of hydrogen-bond donors (Lipinski definition) is 3. The highest BCUT2D eigenvalue weighted by Crippen LogP contribution is 2.24. The Morgan fingerprint density at radius 1 is 1.50 bits per heavy atom. The van der Waals surface area contributed by atoms with Gasteiger partial charge in [-0.1, -0.05) is 26.8 Å². The molecule has 0 radical (unpaired) electrons. The second-order valence-corrected chi connectivity index (χ2v) is 5.80. The summed E-state index contributed by atoms with van der Waals surface area (Å²) in [5.74, 6) is 0.199. The molecular weight excluding hydrogens is 246 g/mol. The Bertz CT molecular complexity index is 464. The molecule has 1 rings (SSSR count). The summed E-state index contributed by atoms with van der Waals surface area (Å²) >= 11 is 4.61. The van der Waals surface area contributed by atoms with Crippen molar-refractivity contribution in [3.63, 3.8) is 0 Å². The third kappa shape index (κ3) is 5.14. The first-order valence-electron chi connectivity index (χ1n) is 5.68. The van der Waals surface area contributed by atoms with Crippen molar-refractivity contribution in [2.24, 2.45) is 16.3 Å². The third-order valence-corrected chi connectivity index (χ3v) is 2.30. The number of rotatable bonds is 3. The third-order valence-electron chi connectivity index (χ3n) is 2.21. The molecule has 0 aromatic heterocycles. The maximum atomic E-state index is 9.87. The number of phenolic OH excluding ortho intramolecular Hbond substituents is 1. The second-order valence-electron chi connectivity index (χ2n) is 5.36. The van der Waals surface area contributed by atoms with E-state index in [0.29, 0.717) is 5.56 Å². The molecule has 0 saturated carbocycles. The number of hydrogen-bond acceptors (Lipinski definition) is 3. The van der Waals surface area contributed by atoms with Crippen LogP contribution in [0, 0.1) is 5.41 Å². The van der Waals surface area contributed by atoms with Gasteiger partial charge in [0.2, 0.25) is 0 Å². The number of nitrogens with two attached hydrogens (primary N) is 1. The van der Waals surface area contributed by atoms with Crippen LogP contribution in [-0.2, 0) is 6.42 Å². The maximum Gasteiger partial charge on any atom is 0.184 e. The van der Waals surface area contributed by atoms with Crippen LogP contribution in [0.1, 0.15) is 31.9 Å². The molecule has 0 unspecified atom stereocenters. The van der Waals surface area contributed by atoms with E-state index in [1.807, 2.05) is 12.1 Å². The van der Waals surface area contributed by atoms with E-state index >= 15 is 0 Å². The van der Waals surface area contributed by atoms with Crippen molar-refractivity contribution >= 4 is 23.5 Å². The molecule has 0 aliphatic rings. The van der Waals surface area contributed by atoms with E-state index in [4.69, 9.17) is 5.73 Å². The Labute approximate surface area is 113 Å². The molecule has 0 spiro atoms. The molecule has 0 saturated heterocycles. The highest BCUT2D eigenvalue weighted by Gasteiger charge is 2.12. The molecule has 98 valence electrons. The summed E-state index contributed by atoms with van der Waals surface area (Å²) in [6.45, 7) is 6.47. The smallest absolute Gasteiger partial charge is 0.184 e. The van der Waals surface area contributed by atoms with Crippen LogP contribution >= 0.6 is 12.2 Å². The van der Waals surface area contributed by atoms with Crippen LogP contribution in [-0.4, -0.2) is 16.4 Å². The lowest BCUT2D eigenvalue weighted by atomic mass is 9.88. The van der Waals surface area contributed by atoms with Gasteiger partial charge in [0.05, 0.1) is 6.21 Å². The summed E-state index contributed by atoms with van der Waals surface area (Å²) in [5.41, 5.74) is 9.58. The van der Waals surface area contributed by atoms with Gasteiger partial charge in [0.25, 0.3) is 0 Å². The van der Waals surface area contributed by atoms with Crippen LogP contribution in [0.5, 0.6) is 5.75 Å². The number of benzene rings is 1. The minimum absolute atomic E-state index is 0.0927. The van der Waals surface area contributed by atoms with Crippen LogP contribution in [0.25, 0.3) is 0 Å². The van der Waals surface area contributed by atoms with Gasteiger partial charge in [0.15, 0.2) is 5.11 Å². The Hall–Kier alpha value is -1.62. The van der Waals surface area contributed by atoms with Crippen LogP contribution in [0.15, 0.2) is 23.3 Å². The van der Waals surface area contributed by atoms with Gasteiger partial charge in [-0.25, -0.2) is 0 Å². The number of thiocarbonyl (C=S) groups is 1. The van der Waals surface area contributed by atoms with Gasteiger partial charge in [-0.15, -0.1) is 0 Å². The first kappa shape index (κ1) is 14.4. The molecule has 0 aliphatic carbocycles. The Balaban J connectivity index is 2.80. The summed E-state index contributed by atoms with van der Waals surface area (Å²) in [6, 6.07) is 5.56. The van der Waals surface area contributed by atoms with Gasteiger partial charge in [-0.05, 0) is 41.7 Å². The fourth-order valence-electron chi connectivity index (χ4n) is 1.59. The largest absolute Gasteiger partial charge is 0.507 e. The lowest BCUT2D eigenvalue weighted by Crippen LogP contribution is -2.24. The second kappa shape index (κ2) is 5.82. The molecule has 0 bridgehead atoms. The van der Waals surface area contributed by atoms with Crippen LogP contribution in [0.4, 0.5) is 0 Å². The van der Waals surface area contributed by atoms with Crippen molar-refractivity contribution in [1.82, 2.24) is 5.43 Å². The predicted molar refractivity (Wildman–Crippen MR) is 78.8 cm³/mol. The molecule has 18 heavy (non-hydrogen) atoms. The first-order valence-corrected chi connectivity index (χ1v) is 6.09. The zero-order valence-electron chi connectivity index (χ0n) is 10.9. The number of nitrogens with zero attached hydrogens (tertiary/aromatic N) is 1. The van der Waals surface area contributed by atoms with Crippen molar-refractivity contribution < 1.29 is 5.11 Å². The Morgan fingerprint density at radius 3 is 2.67 bits per heavy atom. The molecule has 0 amide bonds. The Kier molecular flexibility index (Phi) is 4.67. The minimum Gasteiger partial charge on any atom is -0.507 e. The molecule has 1 aromatic rings. The fraction of sp³-hybridized carbons (Fsp3) is 0.385. The number of hydrazone groups is 1. The van der Waals surface area contributed by atoms with Crippen LogP contribution in [0.2, 0.25) is 0 Å². The quantitative estimate of drug-likeness (QED) is 0.445. The number of nitrogens with one attached hydrogen (secondary N) is 1. The average Bonchev–Trinajstić information content (AvgIpc) is 2.18. The monoisotopic (exact) mass is 265 g/mol. The molecule has 4 N–H and O–H groups in total. The molecule has 0 heterocycles. The molecule has 1 aromatic carbocycles. The average molecular weight is 265 g/mol. The van der Waals surface area contributed by atoms with Crippen LogP contribution in [0.3, 0.4) is 0 Å². The van der Waals surface area contributed by atoms with Gasteiger partial charge in [-0.2, -0.15) is 5.10 Å². The molecule has 0 atom stereocenters. The lowest BCUT2D eigenvalue weighted by Gasteiger charge is -2.18. The van der Waals surface area contributed by atoms with Gasteiger partial charge < -0.3 is 10.8 Å². The van der Waals surface area contributed by atoms with E-state index in [1.165, 1.54) is 6.21 Å². The molecular formula is C13H19N3OS.